The fourth-order valence-corrected chi connectivity index (χ4v) is 2.33. The number of likely N-dealkylation sites (tertiary alicyclic amines) is 1. The van der Waals surface area contributed by atoms with E-state index in [-0.39, 0.29) is 0 Å². The van der Waals surface area contributed by atoms with Crippen LogP contribution in [0.5, 0.6) is 0 Å². The molecule has 0 N–H and O–H groups in total. The molecular formula is C12H17N. The van der Waals surface area contributed by atoms with Crippen molar-refractivity contribution >= 4 is 0 Å². The Balaban J connectivity index is 2.30. The van der Waals surface area contributed by atoms with Crippen LogP contribution in [0.4, 0.5) is 0 Å². The van der Waals surface area contributed by atoms with Crippen molar-refractivity contribution in [1.82, 2.24) is 4.90 Å². The van der Waals surface area contributed by atoms with Gasteiger partial charge in [-0.3, -0.25) is 0 Å². The van der Waals surface area contributed by atoms with Gasteiger partial charge >= 0.3 is 0 Å². The second kappa shape index (κ2) is 3.41. The van der Waals surface area contributed by atoms with Gasteiger partial charge in [0.25, 0.3) is 0 Å². The highest BCUT2D eigenvalue weighted by Gasteiger charge is 2.23. The van der Waals surface area contributed by atoms with Crippen LogP contribution in [0.25, 0.3) is 0 Å². The van der Waals surface area contributed by atoms with E-state index in [4.69, 9.17) is 0 Å². The molecule has 0 aromatic heterocycles. The first kappa shape index (κ1) is 8.61. The molecule has 0 aromatic carbocycles. The lowest BCUT2D eigenvalue weighted by atomic mass is 9.95. The number of rotatable bonds is 1. The predicted molar refractivity (Wildman–Crippen MR) is 56.4 cm³/mol. The highest BCUT2D eigenvalue weighted by molar-refractivity contribution is 5.31. The molecule has 0 amide bonds. The van der Waals surface area contributed by atoms with Gasteiger partial charge in [0.2, 0.25) is 0 Å². The number of fused-ring (bicyclic) bond motifs is 2. The summed E-state index contributed by atoms with van der Waals surface area (Å²) < 4.78 is 0. The summed E-state index contributed by atoms with van der Waals surface area (Å²) in [4.78, 5) is 2.51. The minimum absolute atomic E-state index is 0.677. The van der Waals surface area contributed by atoms with Crippen LogP contribution in [0.2, 0.25) is 0 Å². The molecule has 2 bridgehead atoms. The van der Waals surface area contributed by atoms with E-state index in [1.165, 1.54) is 12.1 Å². The van der Waals surface area contributed by atoms with Crippen molar-refractivity contribution in [2.45, 2.75) is 32.7 Å². The van der Waals surface area contributed by atoms with Gasteiger partial charge in [0.1, 0.15) is 0 Å². The Morgan fingerprint density at radius 1 is 1.38 bits per heavy atom. The van der Waals surface area contributed by atoms with E-state index in [9.17, 15) is 0 Å². The monoisotopic (exact) mass is 175 g/mol. The number of nitrogens with zero attached hydrogens (tertiary/aromatic N) is 1. The summed E-state index contributed by atoms with van der Waals surface area (Å²) in [5, 5.41) is 0. The van der Waals surface area contributed by atoms with Crippen molar-refractivity contribution < 1.29 is 0 Å². The minimum atomic E-state index is 0.677. The Kier molecular flexibility index (Phi) is 2.26. The zero-order chi connectivity index (χ0) is 9.26. The third-order valence-electron chi connectivity index (χ3n) is 2.94. The minimum Gasteiger partial charge on any atom is -0.372 e. The molecule has 70 valence electrons. The summed E-state index contributed by atoms with van der Waals surface area (Å²) >= 11 is 0. The Morgan fingerprint density at radius 3 is 2.92 bits per heavy atom. The summed E-state index contributed by atoms with van der Waals surface area (Å²) in [6.07, 6.45) is 11.2. The van der Waals surface area contributed by atoms with Crippen molar-refractivity contribution in [2.75, 3.05) is 6.54 Å². The quantitative estimate of drug-likeness (QED) is 0.592. The van der Waals surface area contributed by atoms with E-state index in [1.807, 2.05) is 0 Å². The molecule has 0 saturated carbocycles. The van der Waals surface area contributed by atoms with Crippen LogP contribution < -0.4 is 0 Å². The molecule has 1 heterocycles. The molecule has 1 aliphatic heterocycles. The van der Waals surface area contributed by atoms with Crippen LogP contribution in [-0.4, -0.2) is 17.5 Å². The molecule has 2 aliphatic rings. The molecule has 1 fully saturated rings. The number of hydrogen-bond donors (Lipinski definition) is 0. The smallest absolute Gasteiger partial charge is 0.0295 e. The van der Waals surface area contributed by atoms with Crippen molar-refractivity contribution in [2.24, 2.45) is 0 Å². The van der Waals surface area contributed by atoms with Gasteiger partial charge in [-0.25, -0.2) is 0 Å². The molecule has 1 nitrogen and oxygen atoms in total. The maximum absolute atomic E-state index is 2.51. The number of hydrogen-bond acceptors (Lipinski definition) is 1. The Labute approximate surface area is 80.4 Å². The summed E-state index contributed by atoms with van der Waals surface area (Å²) in [6.45, 7) is 5.68. The molecule has 13 heavy (non-hydrogen) atoms. The SMILES string of the molecule is CCN1C2=CC=CC=C(C2)CC1C. The van der Waals surface area contributed by atoms with E-state index in [2.05, 4.69) is 43.1 Å². The maximum atomic E-state index is 2.51. The lowest BCUT2D eigenvalue weighted by Gasteiger charge is -2.37. The second-order valence-electron chi connectivity index (χ2n) is 3.88. The number of allylic oxidation sites excluding steroid dienone is 5. The van der Waals surface area contributed by atoms with Gasteiger partial charge in [0, 0.05) is 24.7 Å². The molecule has 0 aromatic rings. The van der Waals surface area contributed by atoms with Gasteiger partial charge in [-0.05, 0) is 26.3 Å². The van der Waals surface area contributed by atoms with Gasteiger partial charge in [-0.15, -0.1) is 0 Å². The molecule has 2 rings (SSSR count). The predicted octanol–water partition coefficient (Wildman–Crippen LogP) is 2.87. The average molecular weight is 175 g/mol. The first-order valence-electron chi connectivity index (χ1n) is 5.13. The summed E-state index contributed by atoms with van der Waals surface area (Å²) in [5.41, 5.74) is 3.07. The van der Waals surface area contributed by atoms with Crippen molar-refractivity contribution in [1.29, 1.82) is 0 Å². The fraction of sp³-hybridized carbons (Fsp3) is 0.500. The van der Waals surface area contributed by atoms with Crippen LogP contribution in [0.1, 0.15) is 26.7 Å². The maximum Gasteiger partial charge on any atom is 0.0295 e. The van der Waals surface area contributed by atoms with Crippen LogP contribution >= 0.6 is 0 Å². The molecule has 1 aliphatic carbocycles. The largest absolute Gasteiger partial charge is 0.372 e. The van der Waals surface area contributed by atoms with Crippen molar-refractivity contribution in [3.05, 3.63) is 35.6 Å². The lowest BCUT2D eigenvalue weighted by molar-refractivity contribution is 0.251. The van der Waals surface area contributed by atoms with Gasteiger partial charge in [0.15, 0.2) is 0 Å². The molecule has 1 heteroatoms. The Bertz CT molecular complexity index is 283. The molecular weight excluding hydrogens is 158 g/mol. The fourth-order valence-electron chi connectivity index (χ4n) is 2.33. The van der Waals surface area contributed by atoms with Crippen LogP contribution in [0.3, 0.4) is 0 Å². The molecule has 1 saturated heterocycles. The van der Waals surface area contributed by atoms with E-state index < -0.39 is 0 Å². The molecule has 1 unspecified atom stereocenters. The van der Waals surface area contributed by atoms with Crippen LogP contribution in [0.15, 0.2) is 35.6 Å². The van der Waals surface area contributed by atoms with Crippen molar-refractivity contribution in [3.8, 4) is 0 Å². The summed E-state index contributed by atoms with van der Waals surface area (Å²) in [5.74, 6) is 0. The van der Waals surface area contributed by atoms with Gasteiger partial charge in [-0.2, -0.15) is 0 Å². The van der Waals surface area contributed by atoms with Crippen LogP contribution in [0, 0.1) is 0 Å². The van der Waals surface area contributed by atoms with E-state index in [1.54, 1.807) is 5.57 Å². The normalized spacial score (nSPS) is 26.6. The zero-order valence-corrected chi connectivity index (χ0v) is 8.46. The van der Waals surface area contributed by atoms with E-state index >= 15 is 0 Å². The first-order valence-corrected chi connectivity index (χ1v) is 5.13. The standard InChI is InChI=1S/C12H17N/c1-3-13-10(2)8-11-6-4-5-7-12(13)9-11/h4-7,10H,3,8-9H2,1-2H3. The summed E-state index contributed by atoms with van der Waals surface area (Å²) in [6, 6.07) is 0.677. The average Bonchev–Trinajstić information content (AvgIpc) is 2.29. The molecule has 0 spiro atoms. The third-order valence-corrected chi connectivity index (χ3v) is 2.94. The van der Waals surface area contributed by atoms with Gasteiger partial charge in [-0.1, -0.05) is 23.8 Å². The van der Waals surface area contributed by atoms with Crippen LogP contribution in [-0.2, 0) is 0 Å². The molecule has 0 radical (unpaired) electrons. The van der Waals surface area contributed by atoms with Gasteiger partial charge < -0.3 is 4.90 Å². The van der Waals surface area contributed by atoms with E-state index in [0.29, 0.717) is 6.04 Å². The van der Waals surface area contributed by atoms with E-state index in [0.717, 1.165) is 13.0 Å². The Morgan fingerprint density at radius 2 is 2.15 bits per heavy atom. The highest BCUT2D eigenvalue weighted by Crippen LogP contribution is 2.30. The summed E-state index contributed by atoms with van der Waals surface area (Å²) in [7, 11) is 0. The topological polar surface area (TPSA) is 3.24 Å². The van der Waals surface area contributed by atoms with Crippen molar-refractivity contribution in [3.63, 3.8) is 0 Å². The lowest BCUT2D eigenvalue weighted by Crippen LogP contribution is -2.36. The molecule has 1 atom stereocenters. The third kappa shape index (κ3) is 1.55. The zero-order valence-electron chi connectivity index (χ0n) is 8.46. The Hall–Kier alpha value is -0.980. The van der Waals surface area contributed by atoms with Gasteiger partial charge in [0.05, 0.1) is 0 Å². The number of piperidine rings is 1. The first-order chi connectivity index (χ1) is 6.31. The second-order valence-corrected chi connectivity index (χ2v) is 3.88. The highest BCUT2D eigenvalue weighted by atomic mass is 15.2.